The minimum atomic E-state index is -0.515. The molecule has 0 saturated carbocycles. The standard InChI is InChI=1S/C19H25NO/c1-5-11-19(20,16-9-7-6-8-10-16)18-15(3)12-14(2)13-17(18)21-4/h6-10,12-13H,5,11,20H2,1-4H3. The Morgan fingerprint density at radius 3 is 2.33 bits per heavy atom. The monoisotopic (exact) mass is 283 g/mol. The van der Waals surface area contributed by atoms with Gasteiger partial charge < -0.3 is 10.5 Å². The van der Waals surface area contributed by atoms with Crippen molar-refractivity contribution in [3.8, 4) is 5.75 Å². The van der Waals surface area contributed by atoms with Crippen molar-refractivity contribution in [1.29, 1.82) is 0 Å². The highest BCUT2D eigenvalue weighted by Gasteiger charge is 2.33. The van der Waals surface area contributed by atoms with E-state index in [4.69, 9.17) is 10.5 Å². The van der Waals surface area contributed by atoms with Crippen LogP contribution >= 0.6 is 0 Å². The van der Waals surface area contributed by atoms with Crippen LogP contribution in [0.3, 0.4) is 0 Å². The van der Waals surface area contributed by atoms with Crippen LogP contribution in [0.1, 0.15) is 42.0 Å². The van der Waals surface area contributed by atoms with Gasteiger partial charge in [-0.2, -0.15) is 0 Å². The van der Waals surface area contributed by atoms with Crippen molar-refractivity contribution in [2.45, 2.75) is 39.2 Å². The number of hydrogen-bond acceptors (Lipinski definition) is 2. The first-order valence-corrected chi connectivity index (χ1v) is 7.53. The van der Waals surface area contributed by atoms with Crippen molar-refractivity contribution in [3.05, 3.63) is 64.7 Å². The Bertz CT molecular complexity index is 606. The highest BCUT2D eigenvalue weighted by Crippen LogP contribution is 2.39. The van der Waals surface area contributed by atoms with E-state index in [2.05, 4.69) is 45.0 Å². The Hall–Kier alpha value is -1.80. The van der Waals surface area contributed by atoms with Gasteiger partial charge >= 0.3 is 0 Å². The van der Waals surface area contributed by atoms with Crippen LogP contribution in [0.2, 0.25) is 0 Å². The first-order valence-electron chi connectivity index (χ1n) is 7.53. The fourth-order valence-corrected chi connectivity index (χ4v) is 3.20. The lowest BCUT2D eigenvalue weighted by Gasteiger charge is -2.33. The predicted molar refractivity (Wildman–Crippen MR) is 88.8 cm³/mol. The van der Waals surface area contributed by atoms with Crippen molar-refractivity contribution in [3.63, 3.8) is 0 Å². The minimum absolute atomic E-state index is 0.515. The molecule has 2 aromatic carbocycles. The molecule has 0 fully saturated rings. The first-order chi connectivity index (χ1) is 10.0. The van der Waals surface area contributed by atoms with Crippen molar-refractivity contribution in [2.24, 2.45) is 5.73 Å². The molecule has 0 saturated heterocycles. The van der Waals surface area contributed by atoms with Crippen LogP contribution in [0.15, 0.2) is 42.5 Å². The zero-order chi connectivity index (χ0) is 15.5. The van der Waals surface area contributed by atoms with Crippen LogP contribution in [0.25, 0.3) is 0 Å². The van der Waals surface area contributed by atoms with Crippen LogP contribution in [-0.4, -0.2) is 7.11 Å². The first kappa shape index (κ1) is 15.6. The van der Waals surface area contributed by atoms with E-state index in [-0.39, 0.29) is 0 Å². The molecule has 21 heavy (non-hydrogen) atoms. The number of benzene rings is 2. The summed E-state index contributed by atoms with van der Waals surface area (Å²) in [4.78, 5) is 0. The summed E-state index contributed by atoms with van der Waals surface area (Å²) in [5.74, 6) is 0.882. The number of hydrogen-bond donors (Lipinski definition) is 1. The maximum Gasteiger partial charge on any atom is 0.124 e. The van der Waals surface area contributed by atoms with Gasteiger partial charge in [-0.3, -0.25) is 0 Å². The van der Waals surface area contributed by atoms with E-state index in [0.717, 1.165) is 29.7 Å². The molecule has 1 atom stereocenters. The van der Waals surface area contributed by atoms with Crippen molar-refractivity contribution in [2.75, 3.05) is 7.11 Å². The van der Waals surface area contributed by atoms with E-state index >= 15 is 0 Å². The Morgan fingerprint density at radius 1 is 1.10 bits per heavy atom. The smallest absolute Gasteiger partial charge is 0.124 e. The van der Waals surface area contributed by atoms with Gasteiger partial charge in [-0.05, 0) is 43.0 Å². The third-order valence-corrected chi connectivity index (χ3v) is 4.04. The number of methoxy groups -OCH3 is 1. The van der Waals surface area contributed by atoms with E-state index in [9.17, 15) is 0 Å². The van der Waals surface area contributed by atoms with E-state index < -0.39 is 5.54 Å². The van der Waals surface area contributed by atoms with Gasteiger partial charge in [0.15, 0.2) is 0 Å². The average molecular weight is 283 g/mol. The molecule has 0 bridgehead atoms. The van der Waals surface area contributed by atoms with Gasteiger partial charge in [0, 0.05) is 5.56 Å². The number of ether oxygens (including phenoxy) is 1. The molecule has 0 spiro atoms. The summed E-state index contributed by atoms with van der Waals surface area (Å²) in [6.45, 7) is 6.37. The normalized spacial score (nSPS) is 13.8. The van der Waals surface area contributed by atoms with Gasteiger partial charge in [-0.25, -0.2) is 0 Å². The summed E-state index contributed by atoms with van der Waals surface area (Å²) < 4.78 is 5.64. The van der Waals surface area contributed by atoms with Crippen LogP contribution in [0, 0.1) is 13.8 Å². The van der Waals surface area contributed by atoms with E-state index in [0.29, 0.717) is 0 Å². The van der Waals surface area contributed by atoms with Crippen molar-refractivity contribution in [1.82, 2.24) is 0 Å². The van der Waals surface area contributed by atoms with Gasteiger partial charge in [0.2, 0.25) is 0 Å². The topological polar surface area (TPSA) is 35.2 Å². The lowest BCUT2D eigenvalue weighted by Crippen LogP contribution is -2.39. The molecule has 2 rings (SSSR count). The zero-order valence-corrected chi connectivity index (χ0v) is 13.4. The van der Waals surface area contributed by atoms with Crippen LogP contribution in [0.4, 0.5) is 0 Å². The fourth-order valence-electron chi connectivity index (χ4n) is 3.20. The minimum Gasteiger partial charge on any atom is -0.496 e. The molecular formula is C19H25NO. The fraction of sp³-hybridized carbons (Fsp3) is 0.368. The SMILES string of the molecule is CCCC(N)(c1ccccc1)c1c(C)cc(C)cc1OC. The second kappa shape index (κ2) is 6.31. The maximum atomic E-state index is 6.90. The summed E-state index contributed by atoms with van der Waals surface area (Å²) in [5, 5.41) is 0. The summed E-state index contributed by atoms with van der Waals surface area (Å²) in [7, 11) is 1.72. The van der Waals surface area contributed by atoms with Crippen LogP contribution in [0.5, 0.6) is 5.75 Å². The van der Waals surface area contributed by atoms with Crippen LogP contribution < -0.4 is 10.5 Å². The Balaban J connectivity index is 2.69. The molecule has 0 aliphatic carbocycles. The average Bonchev–Trinajstić information content (AvgIpc) is 2.47. The molecule has 0 radical (unpaired) electrons. The molecule has 0 amide bonds. The zero-order valence-electron chi connectivity index (χ0n) is 13.4. The van der Waals surface area contributed by atoms with E-state index in [1.165, 1.54) is 11.1 Å². The molecule has 0 aliphatic heterocycles. The molecule has 2 heteroatoms. The lowest BCUT2D eigenvalue weighted by molar-refractivity contribution is 0.385. The van der Waals surface area contributed by atoms with Gasteiger partial charge in [0.05, 0.1) is 12.6 Å². The Labute approximate surface area is 127 Å². The van der Waals surface area contributed by atoms with Gasteiger partial charge in [0.1, 0.15) is 5.75 Å². The molecule has 1 unspecified atom stereocenters. The number of aryl methyl sites for hydroxylation is 2. The quantitative estimate of drug-likeness (QED) is 0.887. The number of rotatable bonds is 5. The highest BCUT2D eigenvalue weighted by atomic mass is 16.5. The van der Waals surface area contributed by atoms with E-state index in [1.54, 1.807) is 7.11 Å². The van der Waals surface area contributed by atoms with Crippen LogP contribution in [-0.2, 0) is 5.54 Å². The van der Waals surface area contributed by atoms with Gasteiger partial charge in [-0.1, -0.05) is 49.7 Å². The Kier molecular flexibility index (Phi) is 4.69. The maximum absolute atomic E-state index is 6.90. The summed E-state index contributed by atoms with van der Waals surface area (Å²) >= 11 is 0. The predicted octanol–water partition coefficient (Wildman–Crippen LogP) is 4.31. The molecule has 0 aliphatic rings. The molecule has 2 nitrogen and oxygen atoms in total. The second-order valence-electron chi connectivity index (χ2n) is 5.75. The van der Waals surface area contributed by atoms with Gasteiger partial charge in [0.25, 0.3) is 0 Å². The molecule has 2 N–H and O–H groups in total. The largest absolute Gasteiger partial charge is 0.496 e. The molecule has 112 valence electrons. The molecular weight excluding hydrogens is 258 g/mol. The third-order valence-electron chi connectivity index (χ3n) is 4.04. The highest BCUT2D eigenvalue weighted by molar-refractivity contribution is 5.52. The lowest BCUT2D eigenvalue weighted by atomic mass is 9.77. The van der Waals surface area contributed by atoms with E-state index in [1.807, 2.05) is 18.2 Å². The molecule has 2 aromatic rings. The second-order valence-corrected chi connectivity index (χ2v) is 5.75. The van der Waals surface area contributed by atoms with Gasteiger partial charge in [-0.15, -0.1) is 0 Å². The number of nitrogens with two attached hydrogens (primary N) is 1. The Morgan fingerprint density at radius 2 is 1.76 bits per heavy atom. The third kappa shape index (κ3) is 2.96. The summed E-state index contributed by atoms with van der Waals surface area (Å²) in [5.41, 5.74) is 11.0. The molecule has 0 heterocycles. The van der Waals surface area contributed by atoms with Crippen molar-refractivity contribution >= 4 is 0 Å². The summed E-state index contributed by atoms with van der Waals surface area (Å²) in [6.07, 6.45) is 1.90. The molecule has 0 aromatic heterocycles. The van der Waals surface area contributed by atoms with Crippen molar-refractivity contribution < 1.29 is 4.74 Å². The summed E-state index contributed by atoms with van der Waals surface area (Å²) in [6, 6.07) is 14.6.